The van der Waals surface area contributed by atoms with Crippen LogP contribution in [0, 0.1) is 20.8 Å². The molecule has 2 aromatic carbocycles. The number of carbonyl (C=O) groups is 1. The van der Waals surface area contributed by atoms with Crippen molar-refractivity contribution in [1.82, 2.24) is 19.8 Å². The fourth-order valence-corrected chi connectivity index (χ4v) is 3.24. The summed E-state index contributed by atoms with van der Waals surface area (Å²) in [6.07, 6.45) is 0. The SMILES string of the molecule is COc1ccc(-c2c(C)nn3c(C)c(C(=O)Nc4ccc(C)cc4)nnc23)cc1. The van der Waals surface area contributed by atoms with E-state index in [1.54, 1.807) is 11.6 Å². The van der Waals surface area contributed by atoms with E-state index >= 15 is 0 Å². The maximum atomic E-state index is 12.7. The molecule has 0 atom stereocenters. The van der Waals surface area contributed by atoms with Crippen LogP contribution < -0.4 is 10.1 Å². The fraction of sp³-hybridized carbons (Fsp3) is 0.182. The van der Waals surface area contributed by atoms with Crippen molar-refractivity contribution in [3.8, 4) is 16.9 Å². The van der Waals surface area contributed by atoms with Gasteiger partial charge in [-0.05, 0) is 50.6 Å². The van der Waals surface area contributed by atoms with Gasteiger partial charge in [-0.1, -0.05) is 29.8 Å². The van der Waals surface area contributed by atoms with Crippen LogP contribution in [0.3, 0.4) is 0 Å². The molecule has 0 aliphatic heterocycles. The van der Waals surface area contributed by atoms with Crippen molar-refractivity contribution in [3.05, 3.63) is 71.2 Å². The number of rotatable bonds is 4. The number of fused-ring (bicyclic) bond motifs is 1. The van der Waals surface area contributed by atoms with Gasteiger partial charge >= 0.3 is 0 Å². The zero-order chi connectivity index (χ0) is 20.5. The van der Waals surface area contributed by atoms with Gasteiger partial charge in [0.15, 0.2) is 11.3 Å². The molecule has 0 aliphatic rings. The van der Waals surface area contributed by atoms with Gasteiger partial charge in [0.2, 0.25) is 0 Å². The summed E-state index contributed by atoms with van der Waals surface area (Å²) in [6.45, 7) is 5.73. The van der Waals surface area contributed by atoms with Gasteiger partial charge in [0.25, 0.3) is 5.91 Å². The first-order valence-electron chi connectivity index (χ1n) is 9.23. The smallest absolute Gasteiger partial charge is 0.278 e. The van der Waals surface area contributed by atoms with E-state index in [2.05, 4.69) is 20.6 Å². The Morgan fingerprint density at radius 1 is 0.966 bits per heavy atom. The number of amides is 1. The summed E-state index contributed by atoms with van der Waals surface area (Å²) in [5.74, 6) is 0.458. The number of nitrogens with one attached hydrogen (secondary N) is 1. The van der Waals surface area contributed by atoms with Gasteiger partial charge in [0.1, 0.15) is 5.75 Å². The number of anilines is 1. The summed E-state index contributed by atoms with van der Waals surface area (Å²) in [6, 6.07) is 15.3. The second kappa shape index (κ2) is 7.35. The monoisotopic (exact) mass is 387 g/mol. The van der Waals surface area contributed by atoms with Crippen LogP contribution in [-0.2, 0) is 0 Å². The highest BCUT2D eigenvalue weighted by Crippen LogP contribution is 2.29. The zero-order valence-corrected chi connectivity index (χ0v) is 16.7. The first kappa shape index (κ1) is 18.6. The fourth-order valence-electron chi connectivity index (χ4n) is 3.24. The van der Waals surface area contributed by atoms with Crippen LogP contribution in [0.5, 0.6) is 5.75 Å². The molecular formula is C22H21N5O2. The van der Waals surface area contributed by atoms with Gasteiger partial charge in [0, 0.05) is 5.69 Å². The highest BCUT2D eigenvalue weighted by atomic mass is 16.5. The minimum absolute atomic E-state index is 0.238. The Balaban J connectivity index is 1.72. The first-order valence-corrected chi connectivity index (χ1v) is 9.23. The summed E-state index contributed by atoms with van der Waals surface area (Å²) in [7, 11) is 1.63. The lowest BCUT2D eigenvalue weighted by Gasteiger charge is -2.08. The third-order valence-electron chi connectivity index (χ3n) is 4.84. The van der Waals surface area contributed by atoms with Crippen molar-refractivity contribution in [1.29, 1.82) is 0 Å². The Morgan fingerprint density at radius 3 is 2.31 bits per heavy atom. The zero-order valence-electron chi connectivity index (χ0n) is 16.7. The lowest BCUT2D eigenvalue weighted by Crippen LogP contribution is -2.18. The van der Waals surface area contributed by atoms with Crippen LogP contribution in [0.4, 0.5) is 5.69 Å². The van der Waals surface area contributed by atoms with Crippen molar-refractivity contribution in [3.63, 3.8) is 0 Å². The number of aryl methyl sites for hydroxylation is 3. The number of aromatic nitrogens is 4. The number of nitrogens with zero attached hydrogens (tertiary/aromatic N) is 4. The summed E-state index contributed by atoms with van der Waals surface area (Å²) in [5, 5.41) is 16.0. The number of benzene rings is 2. The van der Waals surface area contributed by atoms with Crippen LogP contribution in [0.15, 0.2) is 48.5 Å². The lowest BCUT2D eigenvalue weighted by atomic mass is 10.1. The molecule has 0 bridgehead atoms. The predicted octanol–water partition coefficient (Wildman–Crippen LogP) is 3.98. The number of methoxy groups -OCH3 is 1. The molecule has 0 saturated heterocycles. The van der Waals surface area contributed by atoms with Crippen molar-refractivity contribution in [2.45, 2.75) is 20.8 Å². The van der Waals surface area contributed by atoms with Crippen molar-refractivity contribution >= 4 is 17.2 Å². The van der Waals surface area contributed by atoms with E-state index in [1.165, 1.54) is 0 Å². The number of ether oxygens (including phenoxy) is 1. The summed E-state index contributed by atoms with van der Waals surface area (Å²) in [4.78, 5) is 12.7. The van der Waals surface area contributed by atoms with Gasteiger partial charge < -0.3 is 10.1 Å². The molecule has 146 valence electrons. The molecule has 0 unspecified atom stereocenters. The van der Waals surface area contributed by atoms with Crippen LogP contribution in [-0.4, -0.2) is 32.8 Å². The van der Waals surface area contributed by atoms with E-state index < -0.39 is 0 Å². The van der Waals surface area contributed by atoms with Crippen LogP contribution >= 0.6 is 0 Å². The Labute approximate surface area is 168 Å². The van der Waals surface area contributed by atoms with Gasteiger partial charge in [-0.25, -0.2) is 4.52 Å². The molecule has 7 nitrogen and oxygen atoms in total. The maximum absolute atomic E-state index is 12.7. The molecule has 0 spiro atoms. The Morgan fingerprint density at radius 2 is 1.66 bits per heavy atom. The Hall–Kier alpha value is -3.74. The van der Waals surface area contributed by atoms with E-state index in [9.17, 15) is 4.79 Å². The van der Waals surface area contributed by atoms with E-state index in [0.717, 1.165) is 28.1 Å². The summed E-state index contributed by atoms with van der Waals surface area (Å²) < 4.78 is 6.90. The van der Waals surface area contributed by atoms with Crippen LogP contribution in [0.25, 0.3) is 16.8 Å². The van der Waals surface area contributed by atoms with Crippen molar-refractivity contribution in [2.75, 3.05) is 12.4 Å². The summed E-state index contributed by atoms with van der Waals surface area (Å²) in [5.41, 5.74) is 5.96. The molecule has 1 N–H and O–H groups in total. The topological polar surface area (TPSA) is 81.4 Å². The molecule has 2 aromatic heterocycles. The third-order valence-corrected chi connectivity index (χ3v) is 4.84. The standard InChI is InChI=1S/C22H21N5O2/c1-13-5-9-17(10-6-13)23-22(28)20-15(3)27-21(25-24-20)19(14(2)26-27)16-7-11-18(29-4)12-8-16/h5-12H,1-4H3,(H,23,28). The second-order valence-electron chi connectivity index (χ2n) is 6.88. The minimum Gasteiger partial charge on any atom is -0.497 e. The van der Waals surface area contributed by atoms with Gasteiger partial charge in [-0.15, -0.1) is 10.2 Å². The average Bonchev–Trinajstić information content (AvgIpc) is 3.07. The molecule has 0 saturated carbocycles. The lowest BCUT2D eigenvalue weighted by molar-refractivity contribution is 0.102. The average molecular weight is 387 g/mol. The summed E-state index contributed by atoms with van der Waals surface area (Å²) >= 11 is 0. The number of hydrogen-bond acceptors (Lipinski definition) is 5. The maximum Gasteiger partial charge on any atom is 0.278 e. The second-order valence-corrected chi connectivity index (χ2v) is 6.88. The van der Waals surface area contributed by atoms with Gasteiger partial charge in [-0.3, -0.25) is 4.79 Å². The van der Waals surface area contributed by atoms with Gasteiger partial charge in [0.05, 0.1) is 24.1 Å². The quantitative estimate of drug-likeness (QED) is 0.573. The van der Waals surface area contributed by atoms with E-state index in [4.69, 9.17) is 4.74 Å². The molecule has 0 aliphatic carbocycles. The van der Waals surface area contributed by atoms with E-state index in [1.807, 2.05) is 69.3 Å². The number of hydrogen-bond donors (Lipinski definition) is 1. The molecule has 2 heterocycles. The van der Waals surface area contributed by atoms with E-state index in [0.29, 0.717) is 17.0 Å². The highest BCUT2D eigenvalue weighted by molar-refractivity contribution is 6.03. The molecule has 4 aromatic rings. The normalized spacial score (nSPS) is 10.9. The Kier molecular flexibility index (Phi) is 4.72. The van der Waals surface area contributed by atoms with Crippen molar-refractivity contribution < 1.29 is 9.53 Å². The molecule has 7 heteroatoms. The molecule has 1 amide bonds. The predicted molar refractivity (Wildman–Crippen MR) is 111 cm³/mol. The molecule has 0 fully saturated rings. The molecule has 0 radical (unpaired) electrons. The first-order chi connectivity index (χ1) is 14.0. The van der Waals surface area contributed by atoms with E-state index in [-0.39, 0.29) is 11.6 Å². The highest BCUT2D eigenvalue weighted by Gasteiger charge is 2.20. The minimum atomic E-state index is -0.320. The number of carbonyl (C=O) groups excluding carboxylic acids is 1. The van der Waals surface area contributed by atoms with Crippen LogP contribution in [0.2, 0.25) is 0 Å². The third kappa shape index (κ3) is 3.42. The molecule has 29 heavy (non-hydrogen) atoms. The van der Waals surface area contributed by atoms with Gasteiger partial charge in [-0.2, -0.15) is 5.10 Å². The molecule has 4 rings (SSSR count). The Bertz CT molecular complexity index is 1190. The van der Waals surface area contributed by atoms with Crippen molar-refractivity contribution in [2.24, 2.45) is 0 Å². The molecular weight excluding hydrogens is 366 g/mol. The van der Waals surface area contributed by atoms with Crippen LogP contribution in [0.1, 0.15) is 27.4 Å². The largest absolute Gasteiger partial charge is 0.497 e.